The summed E-state index contributed by atoms with van der Waals surface area (Å²) < 4.78 is 11.2. The van der Waals surface area contributed by atoms with Gasteiger partial charge in [-0.2, -0.15) is 4.98 Å². The molecule has 90 valence electrons. The smallest absolute Gasteiger partial charge is 0.293 e. The number of halogens is 1. The van der Waals surface area contributed by atoms with Gasteiger partial charge in [0.1, 0.15) is 0 Å². The summed E-state index contributed by atoms with van der Waals surface area (Å²) in [5.74, 6) is 1.48. The SMILES string of the molecule is Cc1cccc(-c2noc(-c3ccc(Br)o3)n2)c1. The topological polar surface area (TPSA) is 52.1 Å². The normalized spacial score (nSPS) is 10.8. The number of hydrogen-bond acceptors (Lipinski definition) is 4. The van der Waals surface area contributed by atoms with Gasteiger partial charge < -0.3 is 8.94 Å². The number of furan rings is 1. The Balaban J connectivity index is 1.99. The highest BCUT2D eigenvalue weighted by atomic mass is 79.9. The molecule has 0 atom stereocenters. The van der Waals surface area contributed by atoms with E-state index in [0.717, 1.165) is 11.1 Å². The maximum absolute atomic E-state index is 5.36. The van der Waals surface area contributed by atoms with Crippen LogP contribution in [0.2, 0.25) is 0 Å². The molecule has 0 aliphatic rings. The molecule has 0 radical (unpaired) electrons. The molecule has 5 heteroatoms. The van der Waals surface area contributed by atoms with E-state index in [-0.39, 0.29) is 0 Å². The van der Waals surface area contributed by atoms with Crippen LogP contribution in [0.25, 0.3) is 23.0 Å². The standard InChI is InChI=1S/C13H9BrN2O2/c1-8-3-2-4-9(7-8)12-15-13(18-16-12)10-5-6-11(14)17-10/h2-7H,1H3. The van der Waals surface area contributed by atoms with Crippen LogP contribution in [-0.2, 0) is 0 Å². The minimum absolute atomic E-state index is 0.372. The molecule has 1 aromatic carbocycles. The zero-order valence-electron chi connectivity index (χ0n) is 9.55. The van der Waals surface area contributed by atoms with Gasteiger partial charge in [0.2, 0.25) is 5.82 Å². The Kier molecular flexibility index (Phi) is 2.76. The van der Waals surface area contributed by atoms with Crippen molar-refractivity contribution in [1.82, 2.24) is 10.1 Å². The molecule has 0 fully saturated rings. The Bertz CT molecular complexity index is 688. The van der Waals surface area contributed by atoms with Crippen LogP contribution in [0.15, 0.2) is 50.0 Å². The number of nitrogens with zero attached hydrogens (tertiary/aromatic N) is 2. The highest BCUT2D eigenvalue weighted by molar-refractivity contribution is 9.10. The monoisotopic (exact) mass is 304 g/mol. The Morgan fingerprint density at radius 3 is 2.78 bits per heavy atom. The van der Waals surface area contributed by atoms with E-state index < -0.39 is 0 Å². The summed E-state index contributed by atoms with van der Waals surface area (Å²) in [4.78, 5) is 4.31. The van der Waals surface area contributed by atoms with Crippen molar-refractivity contribution in [2.75, 3.05) is 0 Å². The number of rotatable bonds is 2. The molecule has 0 N–H and O–H groups in total. The van der Waals surface area contributed by atoms with Gasteiger partial charge in [0, 0.05) is 5.56 Å². The van der Waals surface area contributed by atoms with Gasteiger partial charge in [-0.25, -0.2) is 0 Å². The van der Waals surface area contributed by atoms with Crippen molar-refractivity contribution in [3.63, 3.8) is 0 Å². The van der Waals surface area contributed by atoms with Crippen molar-refractivity contribution < 1.29 is 8.94 Å². The molecule has 2 aromatic heterocycles. The lowest BCUT2D eigenvalue weighted by atomic mass is 10.1. The summed E-state index contributed by atoms with van der Waals surface area (Å²) in [5.41, 5.74) is 2.08. The molecule has 0 spiro atoms. The molecule has 0 saturated heterocycles. The Morgan fingerprint density at radius 2 is 2.06 bits per heavy atom. The first-order valence-corrected chi connectivity index (χ1v) is 6.18. The molecular formula is C13H9BrN2O2. The maximum atomic E-state index is 5.36. The second-order valence-electron chi connectivity index (χ2n) is 3.90. The van der Waals surface area contributed by atoms with E-state index >= 15 is 0 Å². The minimum atomic E-state index is 0.372. The van der Waals surface area contributed by atoms with Gasteiger partial charge in [0.15, 0.2) is 10.4 Å². The second kappa shape index (κ2) is 4.42. The third-order valence-corrected chi connectivity index (χ3v) is 2.91. The van der Waals surface area contributed by atoms with Gasteiger partial charge in [-0.15, -0.1) is 0 Å². The van der Waals surface area contributed by atoms with Gasteiger partial charge in [0.25, 0.3) is 5.89 Å². The molecule has 3 aromatic rings. The molecule has 4 nitrogen and oxygen atoms in total. The van der Waals surface area contributed by atoms with Crippen molar-refractivity contribution in [1.29, 1.82) is 0 Å². The van der Waals surface area contributed by atoms with E-state index in [1.165, 1.54) is 0 Å². The number of aromatic nitrogens is 2. The third kappa shape index (κ3) is 2.09. The highest BCUT2D eigenvalue weighted by Crippen LogP contribution is 2.26. The van der Waals surface area contributed by atoms with Crippen LogP contribution in [0.3, 0.4) is 0 Å². The third-order valence-electron chi connectivity index (χ3n) is 2.49. The van der Waals surface area contributed by atoms with E-state index in [4.69, 9.17) is 8.94 Å². The van der Waals surface area contributed by atoms with Gasteiger partial charge in [-0.05, 0) is 41.1 Å². The predicted octanol–water partition coefficient (Wildman–Crippen LogP) is 4.07. The van der Waals surface area contributed by atoms with Crippen LogP contribution in [-0.4, -0.2) is 10.1 Å². The van der Waals surface area contributed by atoms with Crippen LogP contribution in [0, 0.1) is 6.92 Å². The lowest BCUT2D eigenvalue weighted by Crippen LogP contribution is -1.81. The molecule has 0 unspecified atom stereocenters. The van der Waals surface area contributed by atoms with Crippen molar-refractivity contribution in [2.24, 2.45) is 0 Å². The van der Waals surface area contributed by atoms with Gasteiger partial charge in [-0.1, -0.05) is 28.9 Å². The summed E-state index contributed by atoms with van der Waals surface area (Å²) in [5, 5.41) is 3.95. The van der Waals surface area contributed by atoms with E-state index in [1.54, 1.807) is 12.1 Å². The fourth-order valence-electron chi connectivity index (χ4n) is 1.65. The van der Waals surface area contributed by atoms with E-state index in [9.17, 15) is 0 Å². The highest BCUT2D eigenvalue weighted by Gasteiger charge is 2.13. The van der Waals surface area contributed by atoms with E-state index in [1.807, 2.05) is 31.2 Å². The maximum Gasteiger partial charge on any atom is 0.293 e. The van der Waals surface area contributed by atoms with E-state index in [0.29, 0.717) is 22.1 Å². The minimum Gasteiger partial charge on any atom is -0.444 e. The van der Waals surface area contributed by atoms with Crippen molar-refractivity contribution in [3.8, 4) is 23.0 Å². The number of aryl methyl sites for hydroxylation is 1. The van der Waals surface area contributed by atoms with Crippen LogP contribution < -0.4 is 0 Å². The predicted molar refractivity (Wildman–Crippen MR) is 69.9 cm³/mol. The molecule has 2 heterocycles. The van der Waals surface area contributed by atoms with Crippen molar-refractivity contribution in [3.05, 3.63) is 46.6 Å². The average Bonchev–Trinajstić information content (AvgIpc) is 2.97. The fraction of sp³-hybridized carbons (Fsp3) is 0.0769. The van der Waals surface area contributed by atoms with Gasteiger partial charge in [-0.3, -0.25) is 0 Å². The molecule has 3 rings (SSSR count). The first kappa shape index (κ1) is 11.2. The summed E-state index contributed by atoms with van der Waals surface area (Å²) in [6.45, 7) is 2.02. The van der Waals surface area contributed by atoms with Crippen LogP contribution >= 0.6 is 15.9 Å². The Morgan fingerprint density at radius 1 is 1.17 bits per heavy atom. The summed E-state index contributed by atoms with van der Waals surface area (Å²) in [6, 6.07) is 11.5. The lowest BCUT2D eigenvalue weighted by Gasteiger charge is -1.94. The zero-order chi connectivity index (χ0) is 12.5. The fourth-order valence-corrected chi connectivity index (χ4v) is 1.96. The molecule has 0 amide bonds. The Hall–Kier alpha value is -1.88. The summed E-state index contributed by atoms with van der Waals surface area (Å²) in [7, 11) is 0. The van der Waals surface area contributed by atoms with Crippen molar-refractivity contribution >= 4 is 15.9 Å². The van der Waals surface area contributed by atoms with Crippen LogP contribution in [0.5, 0.6) is 0 Å². The first-order valence-electron chi connectivity index (χ1n) is 5.39. The number of benzene rings is 1. The second-order valence-corrected chi connectivity index (χ2v) is 4.68. The largest absolute Gasteiger partial charge is 0.444 e. The van der Waals surface area contributed by atoms with Crippen LogP contribution in [0.4, 0.5) is 0 Å². The van der Waals surface area contributed by atoms with Gasteiger partial charge in [0.05, 0.1) is 0 Å². The Labute approximate surface area is 112 Å². The quantitative estimate of drug-likeness (QED) is 0.716. The average molecular weight is 305 g/mol. The zero-order valence-corrected chi connectivity index (χ0v) is 11.1. The number of hydrogen-bond donors (Lipinski definition) is 0. The molecule has 0 aliphatic carbocycles. The molecule has 0 bridgehead atoms. The molecular weight excluding hydrogens is 296 g/mol. The van der Waals surface area contributed by atoms with Gasteiger partial charge >= 0.3 is 0 Å². The first-order chi connectivity index (χ1) is 8.72. The summed E-state index contributed by atoms with van der Waals surface area (Å²) in [6.07, 6.45) is 0. The molecule has 18 heavy (non-hydrogen) atoms. The van der Waals surface area contributed by atoms with Crippen LogP contribution in [0.1, 0.15) is 5.56 Å². The van der Waals surface area contributed by atoms with E-state index in [2.05, 4.69) is 26.1 Å². The summed E-state index contributed by atoms with van der Waals surface area (Å²) >= 11 is 3.23. The molecule has 0 saturated carbocycles. The lowest BCUT2D eigenvalue weighted by molar-refractivity contribution is 0.414. The molecule has 0 aliphatic heterocycles. The van der Waals surface area contributed by atoms with Crippen molar-refractivity contribution in [2.45, 2.75) is 6.92 Å².